The van der Waals surface area contributed by atoms with Crippen molar-refractivity contribution >= 4 is 16.9 Å². The molecular formula is C21H21NO4. The van der Waals surface area contributed by atoms with Crippen LogP contribution >= 0.6 is 0 Å². The fraction of sp³-hybridized carbons (Fsp3) is 0.238. The predicted octanol–water partition coefficient (Wildman–Crippen LogP) is 3.26. The molecule has 0 saturated heterocycles. The summed E-state index contributed by atoms with van der Waals surface area (Å²) in [5.41, 5.74) is 1.23. The maximum Gasteiger partial charge on any atom is 0.336 e. The monoisotopic (exact) mass is 351 g/mol. The summed E-state index contributed by atoms with van der Waals surface area (Å²) in [6, 6.07) is 18.3. The van der Waals surface area contributed by atoms with Gasteiger partial charge in [0.2, 0.25) is 0 Å². The number of ether oxygens (including phenoxy) is 1. The van der Waals surface area contributed by atoms with Gasteiger partial charge in [0, 0.05) is 30.6 Å². The molecule has 0 aliphatic rings. The number of carbonyl (C=O) groups excluding carboxylic acids is 1. The van der Waals surface area contributed by atoms with Gasteiger partial charge in [-0.05, 0) is 37.1 Å². The third kappa shape index (κ3) is 4.51. The van der Waals surface area contributed by atoms with Gasteiger partial charge < -0.3 is 14.1 Å². The summed E-state index contributed by atoms with van der Waals surface area (Å²) in [6.45, 7) is 3.18. The molecule has 5 heteroatoms. The van der Waals surface area contributed by atoms with E-state index < -0.39 is 5.63 Å². The van der Waals surface area contributed by atoms with Crippen molar-refractivity contribution in [3.05, 3.63) is 76.6 Å². The van der Waals surface area contributed by atoms with E-state index in [4.69, 9.17) is 9.15 Å². The van der Waals surface area contributed by atoms with Crippen molar-refractivity contribution in [1.82, 2.24) is 4.90 Å². The highest BCUT2D eigenvalue weighted by atomic mass is 16.5. The minimum atomic E-state index is -0.413. The fourth-order valence-electron chi connectivity index (χ4n) is 2.74. The van der Waals surface area contributed by atoms with E-state index in [1.54, 1.807) is 29.2 Å². The molecule has 1 heterocycles. The molecule has 0 bridgehead atoms. The number of carbonyl (C=O) groups is 1. The van der Waals surface area contributed by atoms with Crippen molar-refractivity contribution in [2.24, 2.45) is 0 Å². The maximum atomic E-state index is 12.4. The van der Waals surface area contributed by atoms with Crippen LogP contribution in [0.15, 0.2) is 69.9 Å². The van der Waals surface area contributed by atoms with Crippen molar-refractivity contribution in [2.75, 3.05) is 19.7 Å². The van der Waals surface area contributed by atoms with E-state index in [0.29, 0.717) is 24.4 Å². The third-order valence-corrected chi connectivity index (χ3v) is 4.20. The second-order valence-corrected chi connectivity index (χ2v) is 5.95. The number of rotatable bonds is 7. The van der Waals surface area contributed by atoms with E-state index in [2.05, 4.69) is 12.1 Å². The normalized spacial score (nSPS) is 10.7. The lowest BCUT2D eigenvalue weighted by atomic mass is 10.1. The highest BCUT2D eigenvalue weighted by molar-refractivity contribution is 5.79. The first-order valence-corrected chi connectivity index (χ1v) is 8.64. The minimum Gasteiger partial charge on any atom is -0.484 e. The van der Waals surface area contributed by atoms with Crippen LogP contribution in [0.2, 0.25) is 0 Å². The van der Waals surface area contributed by atoms with E-state index in [1.165, 1.54) is 11.6 Å². The number of amides is 1. The lowest BCUT2D eigenvalue weighted by Crippen LogP contribution is -2.36. The number of hydrogen-bond acceptors (Lipinski definition) is 4. The van der Waals surface area contributed by atoms with Crippen molar-refractivity contribution in [3.8, 4) is 5.75 Å². The second-order valence-electron chi connectivity index (χ2n) is 5.95. The summed E-state index contributed by atoms with van der Waals surface area (Å²) < 4.78 is 10.7. The largest absolute Gasteiger partial charge is 0.484 e. The number of nitrogens with zero attached hydrogens (tertiary/aromatic N) is 1. The second kappa shape index (κ2) is 8.34. The van der Waals surface area contributed by atoms with Gasteiger partial charge in [-0.25, -0.2) is 4.79 Å². The Morgan fingerprint density at radius 2 is 1.85 bits per heavy atom. The number of benzene rings is 2. The zero-order chi connectivity index (χ0) is 18.4. The molecule has 26 heavy (non-hydrogen) atoms. The smallest absolute Gasteiger partial charge is 0.336 e. The molecule has 0 atom stereocenters. The van der Waals surface area contributed by atoms with E-state index in [-0.39, 0.29) is 12.5 Å². The molecule has 1 amide bonds. The zero-order valence-corrected chi connectivity index (χ0v) is 14.7. The molecule has 134 valence electrons. The van der Waals surface area contributed by atoms with Crippen molar-refractivity contribution in [3.63, 3.8) is 0 Å². The first-order chi connectivity index (χ1) is 12.7. The summed E-state index contributed by atoms with van der Waals surface area (Å²) in [7, 11) is 0. The van der Waals surface area contributed by atoms with E-state index in [1.807, 2.05) is 25.1 Å². The van der Waals surface area contributed by atoms with Gasteiger partial charge in [0.1, 0.15) is 11.3 Å². The van der Waals surface area contributed by atoms with E-state index >= 15 is 0 Å². The average Bonchev–Trinajstić information content (AvgIpc) is 2.67. The van der Waals surface area contributed by atoms with Crippen LogP contribution in [0.25, 0.3) is 11.0 Å². The van der Waals surface area contributed by atoms with Crippen molar-refractivity contribution in [1.29, 1.82) is 0 Å². The van der Waals surface area contributed by atoms with Crippen molar-refractivity contribution in [2.45, 2.75) is 13.3 Å². The maximum absolute atomic E-state index is 12.4. The molecule has 1 aromatic heterocycles. The Bertz CT molecular complexity index is 933. The molecule has 0 spiro atoms. The number of fused-ring (bicyclic) bond motifs is 1. The Morgan fingerprint density at radius 1 is 1.08 bits per heavy atom. The van der Waals surface area contributed by atoms with Gasteiger partial charge >= 0.3 is 5.63 Å². The van der Waals surface area contributed by atoms with Crippen LogP contribution in [0.4, 0.5) is 0 Å². The molecule has 0 aliphatic carbocycles. The molecule has 0 unspecified atom stereocenters. The van der Waals surface area contributed by atoms with Crippen LogP contribution in [0.3, 0.4) is 0 Å². The van der Waals surface area contributed by atoms with Crippen LogP contribution in [0.1, 0.15) is 12.5 Å². The van der Waals surface area contributed by atoms with Gasteiger partial charge in [-0.1, -0.05) is 30.3 Å². The summed E-state index contributed by atoms with van der Waals surface area (Å²) in [4.78, 5) is 25.5. The Labute approximate surface area is 151 Å². The van der Waals surface area contributed by atoms with Crippen LogP contribution in [0, 0.1) is 0 Å². The topological polar surface area (TPSA) is 59.8 Å². The fourth-order valence-corrected chi connectivity index (χ4v) is 2.74. The summed E-state index contributed by atoms with van der Waals surface area (Å²) in [5, 5.41) is 0.807. The molecule has 3 rings (SSSR count). The molecule has 0 aliphatic heterocycles. The highest BCUT2D eigenvalue weighted by Gasteiger charge is 2.12. The molecular weight excluding hydrogens is 330 g/mol. The van der Waals surface area contributed by atoms with Crippen LogP contribution in [-0.2, 0) is 11.2 Å². The molecule has 2 aromatic carbocycles. The zero-order valence-electron chi connectivity index (χ0n) is 14.7. The predicted molar refractivity (Wildman–Crippen MR) is 100 cm³/mol. The van der Waals surface area contributed by atoms with Crippen LogP contribution in [-0.4, -0.2) is 30.5 Å². The average molecular weight is 351 g/mol. The minimum absolute atomic E-state index is 0.0504. The van der Waals surface area contributed by atoms with E-state index in [0.717, 1.165) is 11.8 Å². The van der Waals surface area contributed by atoms with Gasteiger partial charge in [-0.15, -0.1) is 0 Å². The first kappa shape index (κ1) is 17.7. The molecule has 5 nitrogen and oxygen atoms in total. The van der Waals surface area contributed by atoms with Crippen molar-refractivity contribution < 1.29 is 13.9 Å². The molecule has 0 fully saturated rings. The first-order valence-electron chi connectivity index (χ1n) is 8.64. The van der Waals surface area contributed by atoms with E-state index in [9.17, 15) is 9.59 Å². The Balaban J connectivity index is 1.58. The number of hydrogen-bond donors (Lipinski definition) is 0. The Hall–Kier alpha value is -3.08. The molecule has 0 N–H and O–H groups in total. The van der Waals surface area contributed by atoms with Gasteiger partial charge in [-0.2, -0.15) is 0 Å². The van der Waals surface area contributed by atoms with Gasteiger partial charge in [-0.3, -0.25) is 4.79 Å². The standard InChI is InChI=1S/C21H21NO4/c1-2-22(13-12-16-6-4-3-5-7-16)20(23)15-25-18-10-8-17-9-11-21(24)26-19(17)14-18/h3-11,14H,2,12-13,15H2,1H3. The van der Waals surface area contributed by atoms with Crippen LogP contribution < -0.4 is 10.4 Å². The van der Waals surface area contributed by atoms with Crippen LogP contribution in [0.5, 0.6) is 5.75 Å². The highest BCUT2D eigenvalue weighted by Crippen LogP contribution is 2.19. The molecule has 3 aromatic rings. The lowest BCUT2D eigenvalue weighted by molar-refractivity contribution is -0.133. The quantitative estimate of drug-likeness (QED) is 0.613. The molecule has 0 radical (unpaired) electrons. The Morgan fingerprint density at radius 3 is 2.62 bits per heavy atom. The van der Waals surface area contributed by atoms with Gasteiger partial charge in [0.25, 0.3) is 5.91 Å². The number of likely N-dealkylation sites (N-methyl/N-ethyl adjacent to an activating group) is 1. The van der Waals surface area contributed by atoms with Gasteiger partial charge in [0.05, 0.1) is 0 Å². The third-order valence-electron chi connectivity index (χ3n) is 4.20. The summed E-state index contributed by atoms with van der Waals surface area (Å²) >= 11 is 0. The summed E-state index contributed by atoms with van der Waals surface area (Å²) in [5.74, 6) is 0.428. The molecule has 0 saturated carbocycles. The lowest BCUT2D eigenvalue weighted by Gasteiger charge is -2.21. The van der Waals surface area contributed by atoms with Gasteiger partial charge in [0.15, 0.2) is 6.61 Å². The SMILES string of the molecule is CCN(CCc1ccccc1)C(=O)COc1ccc2ccc(=O)oc2c1. The Kier molecular flexibility index (Phi) is 5.69. The summed E-state index contributed by atoms with van der Waals surface area (Å²) in [6.07, 6.45) is 0.807.